The van der Waals surface area contributed by atoms with Gasteiger partial charge in [-0.2, -0.15) is 4.31 Å². The quantitative estimate of drug-likeness (QED) is 0.769. The van der Waals surface area contributed by atoms with Gasteiger partial charge in [-0.15, -0.1) is 0 Å². The predicted octanol–water partition coefficient (Wildman–Crippen LogP) is 2.01. The van der Waals surface area contributed by atoms with Gasteiger partial charge in [0.2, 0.25) is 10.0 Å². The summed E-state index contributed by atoms with van der Waals surface area (Å²) in [6.45, 7) is 4.49. The molecule has 1 atom stereocenters. The molecule has 0 unspecified atom stereocenters. The van der Waals surface area contributed by atoms with Crippen molar-refractivity contribution >= 4 is 21.6 Å². The van der Waals surface area contributed by atoms with Crippen LogP contribution >= 0.6 is 11.6 Å². The topological polar surface area (TPSA) is 60.3 Å². The summed E-state index contributed by atoms with van der Waals surface area (Å²) in [6, 6.07) is 12.7. The van der Waals surface area contributed by atoms with Crippen molar-refractivity contribution in [1.29, 1.82) is 0 Å². The molecule has 1 saturated heterocycles. The van der Waals surface area contributed by atoms with Gasteiger partial charge in [-0.3, -0.25) is 0 Å². The van der Waals surface area contributed by atoms with Gasteiger partial charge in [-0.05, 0) is 25.1 Å². The minimum atomic E-state index is -3.58. The van der Waals surface area contributed by atoms with Crippen molar-refractivity contribution in [2.45, 2.75) is 17.9 Å². The summed E-state index contributed by atoms with van der Waals surface area (Å²) in [5, 5.41) is 0.753. The standard InChI is InChI=1S/C20H25ClN2O4S/c1-15(17-6-4-5-7-18(17)21)22-10-12-23(13-11-22)28(24,25)16-8-9-19(26-2)20(14-16)27-3/h4-9,14-15H,10-13H2,1-3H3/p+1/t15-/m1/s1. The second-order valence-corrected chi connectivity index (χ2v) is 9.17. The molecule has 0 aromatic heterocycles. The molecule has 1 N–H and O–H groups in total. The highest BCUT2D eigenvalue weighted by atomic mass is 35.5. The Labute approximate surface area is 171 Å². The Hall–Kier alpha value is -1.80. The first-order chi connectivity index (χ1) is 13.4. The Morgan fingerprint density at radius 3 is 2.29 bits per heavy atom. The van der Waals surface area contributed by atoms with Crippen LogP contribution < -0.4 is 14.4 Å². The van der Waals surface area contributed by atoms with Crippen LogP contribution in [0, 0.1) is 0 Å². The van der Waals surface area contributed by atoms with E-state index in [1.807, 2.05) is 24.3 Å². The predicted molar refractivity (Wildman–Crippen MR) is 109 cm³/mol. The number of rotatable bonds is 6. The van der Waals surface area contributed by atoms with Crippen LogP contribution in [0.25, 0.3) is 0 Å². The molecule has 2 aromatic carbocycles. The highest BCUT2D eigenvalue weighted by molar-refractivity contribution is 7.89. The van der Waals surface area contributed by atoms with E-state index in [0.717, 1.165) is 23.7 Å². The molecule has 1 heterocycles. The largest absolute Gasteiger partial charge is 0.493 e. The van der Waals surface area contributed by atoms with E-state index in [9.17, 15) is 8.42 Å². The molecular formula is C20H26ClN2O4S+. The zero-order valence-electron chi connectivity index (χ0n) is 16.3. The number of nitrogens with one attached hydrogen (secondary N) is 1. The average Bonchev–Trinajstić information content (AvgIpc) is 2.73. The number of ether oxygens (including phenoxy) is 2. The van der Waals surface area contributed by atoms with Gasteiger partial charge in [-0.1, -0.05) is 29.8 Å². The molecule has 0 bridgehead atoms. The van der Waals surface area contributed by atoms with Gasteiger partial charge < -0.3 is 14.4 Å². The number of benzene rings is 2. The first-order valence-electron chi connectivity index (χ1n) is 9.19. The van der Waals surface area contributed by atoms with Crippen LogP contribution in [0.15, 0.2) is 47.4 Å². The summed E-state index contributed by atoms with van der Waals surface area (Å²) >= 11 is 6.33. The molecule has 2 aromatic rings. The van der Waals surface area contributed by atoms with Crippen molar-refractivity contribution < 1.29 is 22.8 Å². The lowest BCUT2D eigenvalue weighted by atomic mass is 10.1. The Kier molecular flexibility index (Phi) is 6.50. The van der Waals surface area contributed by atoms with Crippen LogP contribution in [0.5, 0.6) is 11.5 Å². The number of hydrogen-bond acceptors (Lipinski definition) is 4. The third kappa shape index (κ3) is 4.12. The van der Waals surface area contributed by atoms with Crippen LogP contribution in [-0.2, 0) is 10.0 Å². The van der Waals surface area contributed by atoms with E-state index < -0.39 is 10.0 Å². The number of halogens is 1. The van der Waals surface area contributed by atoms with Crippen LogP contribution in [0.1, 0.15) is 18.5 Å². The molecule has 1 aliphatic heterocycles. The summed E-state index contributed by atoms with van der Waals surface area (Å²) in [4.78, 5) is 1.54. The number of quaternary nitrogens is 1. The molecular weight excluding hydrogens is 400 g/mol. The van der Waals surface area contributed by atoms with Gasteiger partial charge in [0.1, 0.15) is 6.04 Å². The molecule has 1 aliphatic rings. The van der Waals surface area contributed by atoms with Crippen molar-refractivity contribution in [3.05, 3.63) is 53.1 Å². The average molecular weight is 426 g/mol. The fraction of sp³-hybridized carbons (Fsp3) is 0.400. The van der Waals surface area contributed by atoms with Crippen LogP contribution in [0.4, 0.5) is 0 Å². The SMILES string of the molecule is COc1ccc(S(=O)(=O)N2CC[NH+]([C@H](C)c3ccccc3Cl)CC2)cc1OC. The molecule has 152 valence electrons. The fourth-order valence-electron chi connectivity index (χ4n) is 3.62. The maximum absolute atomic E-state index is 13.1. The van der Waals surface area contributed by atoms with Crippen molar-refractivity contribution in [3.8, 4) is 11.5 Å². The van der Waals surface area contributed by atoms with Gasteiger partial charge in [0.15, 0.2) is 11.5 Å². The van der Waals surface area contributed by atoms with E-state index in [0.29, 0.717) is 24.6 Å². The van der Waals surface area contributed by atoms with Gasteiger partial charge in [0, 0.05) is 16.7 Å². The van der Waals surface area contributed by atoms with Crippen molar-refractivity contribution in [1.82, 2.24) is 4.31 Å². The highest BCUT2D eigenvalue weighted by Crippen LogP contribution is 2.30. The third-order valence-electron chi connectivity index (χ3n) is 5.34. The minimum absolute atomic E-state index is 0.208. The number of nitrogens with zero attached hydrogens (tertiary/aromatic N) is 1. The Morgan fingerprint density at radius 1 is 1.04 bits per heavy atom. The molecule has 0 aliphatic carbocycles. The summed E-state index contributed by atoms with van der Waals surface area (Å²) in [7, 11) is -0.569. The van der Waals surface area contributed by atoms with Crippen LogP contribution in [0.2, 0.25) is 5.02 Å². The smallest absolute Gasteiger partial charge is 0.243 e. The third-order valence-corrected chi connectivity index (χ3v) is 7.58. The summed E-state index contributed by atoms with van der Waals surface area (Å²) in [6.07, 6.45) is 0. The normalized spacial score (nSPS) is 17.3. The van der Waals surface area contributed by atoms with Gasteiger partial charge in [-0.25, -0.2) is 8.42 Å². The Morgan fingerprint density at radius 2 is 1.68 bits per heavy atom. The zero-order valence-corrected chi connectivity index (χ0v) is 17.9. The van der Waals surface area contributed by atoms with Crippen molar-refractivity contribution in [2.24, 2.45) is 0 Å². The highest BCUT2D eigenvalue weighted by Gasteiger charge is 2.33. The fourth-order valence-corrected chi connectivity index (χ4v) is 5.38. The minimum Gasteiger partial charge on any atom is -0.493 e. The molecule has 0 spiro atoms. The molecule has 3 rings (SSSR count). The van der Waals surface area contributed by atoms with Gasteiger partial charge >= 0.3 is 0 Å². The van der Waals surface area contributed by atoms with Gasteiger partial charge in [0.05, 0.1) is 45.3 Å². The summed E-state index contributed by atoms with van der Waals surface area (Å²) in [5.74, 6) is 0.907. The first kappa shape index (κ1) is 20.9. The first-order valence-corrected chi connectivity index (χ1v) is 11.0. The van der Waals surface area contributed by atoms with E-state index >= 15 is 0 Å². The lowest BCUT2D eigenvalue weighted by Gasteiger charge is -2.35. The molecule has 28 heavy (non-hydrogen) atoms. The maximum Gasteiger partial charge on any atom is 0.243 e. The molecule has 8 heteroatoms. The summed E-state index contributed by atoms with van der Waals surface area (Å²) < 4.78 is 38.1. The number of hydrogen-bond donors (Lipinski definition) is 1. The maximum atomic E-state index is 13.1. The van der Waals surface area contributed by atoms with Crippen molar-refractivity contribution in [2.75, 3.05) is 40.4 Å². The van der Waals surface area contributed by atoms with Crippen molar-refractivity contribution in [3.63, 3.8) is 0 Å². The molecule has 1 fully saturated rings. The van der Waals surface area contributed by atoms with E-state index in [4.69, 9.17) is 21.1 Å². The van der Waals surface area contributed by atoms with E-state index in [1.165, 1.54) is 29.5 Å². The number of piperazine rings is 1. The zero-order chi connectivity index (χ0) is 20.3. The van der Waals surface area contributed by atoms with Crippen LogP contribution in [-0.4, -0.2) is 53.1 Å². The molecule has 0 amide bonds. The second-order valence-electron chi connectivity index (χ2n) is 6.82. The number of methoxy groups -OCH3 is 2. The van der Waals surface area contributed by atoms with Gasteiger partial charge in [0.25, 0.3) is 0 Å². The lowest BCUT2D eigenvalue weighted by Crippen LogP contribution is -3.14. The molecule has 0 saturated carbocycles. The monoisotopic (exact) mass is 425 g/mol. The second kappa shape index (κ2) is 8.69. The van der Waals surface area contributed by atoms with E-state index in [2.05, 4.69) is 6.92 Å². The summed E-state index contributed by atoms with van der Waals surface area (Å²) in [5.41, 5.74) is 1.09. The Balaban J connectivity index is 1.73. The molecule has 0 radical (unpaired) electrons. The Bertz CT molecular complexity index is 928. The van der Waals surface area contributed by atoms with E-state index in [-0.39, 0.29) is 10.9 Å². The van der Waals surface area contributed by atoms with E-state index in [1.54, 1.807) is 12.1 Å². The lowest BCUT2D eigenvalue weighted by molar-refractivity contribution is -0.933. The number of sulfonamides is 1. The van der Waals surface area contributed by atoms with Crippen LogP contribution in [0.3, 0.4) is 0 Å². The molecule has 6 nitrogen and oxygen atoms in total.